The summed E-state index contributed by atoms with van der Waals surface area (Å²) in [4.78, 5) is 26.7. The molecule has 0 unspecified atom stereocenters. The van der Waals surface area contributed by atoms with Crippen LogP contribution in [0.2, 0.25) is 18.1 Å². The van der Waals surface area contributed by atoms with Crippen LogP contribution < -0.4 is 4.74 Å². The van der Waals surface area contributed by atoms with Crippen molar-refractivity contribution in [2.45, 2.75) is 58.4 Å². The molecule has 1 aromatic rings. The Morgan fingerprint density at radius 2 is 1.79 bits per heavy atom. The van der Waals surface area contributed by atoms with E-state index in [1.807, 2.05) is 13.0 Å². The topological polar surface area (TPSA) is 72.8 Å². The van der Waals surface area contributed by atoms with E-state index in [2.05, 4.69) is 33.9 Å². The van der Waals surface area contributed by atoms with Crippen molar-refractivity contribution in [3.63, 3.8) is 0 Å². The van der Waals surface area contributed by atoms with E-state index in [1.54, 1.807) is 6.07 Å². The highest BCUT2D eigenvalue weighted by atomic mass is 28.4. The number of aromatic hydroxyl groups is 1. The first-order valence-corrected chi connectivity index (χ1v) is 12.6. The number of carbonyl (C=O) groups is 2. The number of carbonyl (C=O) groups excluding carboxylic acids is 2. The zero-order chi connectivity index (χ0) is 21.0. The molecular formula is C22H30O5Si. The number of phenols is 1. The number of ether oxygens (including phenoxy) is 1. The summed E-state index contributed by atoms with van der Waals surface area (Å²) >= 11 is 0. The van der Waals surface area contributed by atoms with Crippen molar-refractivity contribution in [2.24, 2.45) is 11.8 Å². The number of rotatable bonds is 3. The van der Waals surface area contributed by atoms with E-state index < -0.39 is 26.3 Å². The molecule has 0 amide bonds. The number of phenolic OH excluding ortho intramolecular Hbond substituents is 1. The largest absolute Gasteiger partial charge is 0.507 e. The molecule has 152 valence electrons. The third kappa shape index (κ3) is 3.33. The summed E-state index contributed by atoms with van der Waals surface area (Å²) in [6.07, 6.45) is 2.09. The summed E-state index contributed by atoms with van der Waals surface area (Å²) in [5.41, 5.74) is 1.40. The molecule has 0 saturated carbocycles. The number of hydrogen-bond donors (Lipinski definition) is 1. The predicted octanol–water partition coefficient (Wildman–Crippen LogP) is 4.75. The summed E-state index contributed by atoms with van der Waals surface area (Å²) in [6, 6.07) is 2.94. The molecular weight excluding hydrogens is 372 g/mol. The summed E-state index contributed by atoms with van der Waals surface area (Å²) in [7, 11) is -0.685. The number of hydrogen-bond acceptors (Lipinski definition) is 5. The first-order valence-electron chi connectivity index (χ1n) is 9.72. The minimum absolute atomic E-state index is 0.0111. The summed E-state index contributed by atoms with van der Waals surface area (Å²) in [5, 5.41) is 10.4. The monoisotopic (exact) mass is 402 g/mol. The molecule has 0 bridgehead atoms. The SMILES string of the molecule is COc1cc(O)c2c(c1)C(=O)[C@H]1[C@H](CC(C)=C[C@H]1O[Si](C)(C)C(C)(C)C)C2=O. The van der Waals surface area contributed by atoms with Crippen molar-refractivity contribution >= 4 is 19.9 Å². The van der Waals surface area contributed by atoms with Gasteiger partial charge < -0.3 is 14.3 Å². The lowest BCUT2D eigenvalue weighted by Gasteiger charge is -2.44. The van der Waals surface area contributed by atoms with Gasteiger partial charge in [-0.3, -0.25) is 9.59 Å². The fraction of sp³-hybridized carbons (Fsp3) is 0.545. The van der Waals surface area contributed by atoms with Gasteiger partial charge in [0.2, 0.25) is 0 Å². The Morgan fingerprint density at radius 3 is 2.36 bits per heavy atom. The molecule has 1 aromatic carbocycles. The fourth-order valence-electron chi connectivity index (χ4n) is 3.90. The zero-order valence-electron chi connectivity index (χ0n) is 17.8. The zero-order valence-corrected chi connectivity index (χ0v) is 18.8. The van der Waals surface area contributed by atoms with Gasteiger partial charge in [-0.05, 0) is 37.5 Å². The van der Waals surface area contributed by atoms with Crippen LogP contribution in [-0.2, 0) is 4.43 Å². The number of allylic oxidation sites excluding steroid dienone is 1. The van der Waals surface area contributed by atoms with E-state index in [4.69, 9.17) is 9.16 Å². The van der Waals surface area contributed by atoms with Crippen LogP contribution in [-0.4, -0.2) is 38.2 Å². The van der Waals surface area contributed by atoms with E-state index >= 15 is 0 Å². The molecule has 0 heterocycles. The first-order chi connectivity index (χ1) is 12.9. The van der Waals surface area contributed by atoms with E-state index in [1.165, 1.54) is 13.2 Å². The highest BCUT2D eigenvalue weighted by Gasteiger charge is 2.50. The van der Waals surface area contributed by atoms with Crippen molar-refractivity contribution < 1.29 is 23.9 Å². The number of Topliss-reactive ketones (excluding diaryl/α,β-unsaturated/α-hetero) is 2. The minimum Gasteiger partial charge on any atom is -0.507 e. The third-order valence-electron chi connectivity index (χ3n) is 6.49. The van der Waals surface area contributed by atoms with Crippen molar-refractivity contribution in [1.82, 2.24) is 0 Å². The van der Waals surface area contributed by atoms with Gasteiger partial charge in [-0.15, -0.1) is 0 Å². The van der Waals surface area contributed by atoms with Crippen LogP contribution in [0.4, 0.5) is 0 Å². The molecule has 3 rings (SSSR count). The van der Waals surface area contributed by atoms with Crippen LogP contribution in [0.5, 0.6) is 11.5 Å². The second-order valence-corrected chi connectivity index (χ2v) is 14.2. The van der Waals surface area contributed by atoms with Crippen LogP contribution >= 0.6 is 0 Å². The van der Waals surface area contributed by atoms with Crippen molar-refractivity contribution in [1.29, 1.82) is 0 Å². The summed E-state index contributed by atoms with van der Waals surface area (Å²) in [6.45, 7) is 12.7. The Labute approximate surface area is 167 Å². The molecule has 28 heavy (non-hydrogen) atoms. The summed E-state index contributed by atoms with van der Waals surface area (Å²) in [5.74, 6) is -1.24. The normalized spacial score (nSPS) is 25.1. The maximum atomic E-state index is 13.5. The van der Waals surface area contributed by atoms with Crippen LogP contribution in [0.15, 0.2) is 23.8 Å². The van der Waals surface area contributed by atoms with Crippen LogP contribution in [0.1, 0.15) is 54.8 Å². The van der Waals surface area contributed by atoms with Gasteiger partial charge in [0.05, 0.1) is 24.7 Å². The fourth-order valence-corrected chi connectivity index (χ4v) is 5.15. The Balaban J connectivity index is 2.09. The molecule has 2 aliphatic rings. The van der Waals surface area contributed by atoms with E-state index in [9.17, 15) is 14.7 Å². The Kier molecular flexibility index (Phi) is 5.09. The van der Waals surface area contributed by atoms with E-state index in [-0.39, 0.29) is 33.5 Å². The van der Waals surface area contributed by atoms with Gasteiger partial charge in [-0.2, -0.15) is 0 Å². The van der Waals surface area contributed by atoms with Crippen LogP contribution in [0.25, 0.3) is 0 Å². The standard InChI is InChI=1S/C22H30O5Si/c1-12-8-14-19(17(9-12)27-28(6,7)22(2,3)4)21(25)15-10-13(26-5)11-16(23)18(15)20(14)24/h9-11,14,17,19,23H,8H2,1-7H3/t14-,17+,19-/m0/s1. The molecule has 5 nitrogen and oxygen atoms in total. The predicted molar refractivity (Wildman–Crippen MR) is 111 cm³/mol. The molecule has 0 aliphatic heterocycles. The first kappa shape index (κ1) is 20.8. The highest BCUT2D eigenvalue weighted by molar-refractivity contribution is 6.74. The minimum atomic E-state index is -2.15. The van der Waals surface area contributed by atoms with Crippen LogP contribution in [0.3, 0.4) is 0 Å². The van der Waals surface area contributed by atoms with Gasteiger partial charge in [-0.1, -0.05) is 32.4 Å². The molecule has 0 radical (unpaired) electrons. The Bertz CT molecular complexity index is 862. The Morgan fingerprint density at radius 1 is 1.14 bits per heavy atom. The average molecular weight is 403 g/mol. The van der Waals surface area contributed by atoms with Gasteiger partial charge in [0.15, 0.2) is 19.9 Å². The molecule has 0 aromatic heterocycles. The lowest BCUT2D eigenvalue weighted by atomic mass is 9.66. The van der Waals surface area contributed by atoms with E-state index in [0.29, 0.717) is 12.2 Å². The van der Waals surface area contributed by atoms with Crippen molar-refractivity contribution in [3.8, 4) is 11.5 Å². The summed E-state index contributed by atoms with van der Waals surface area (Å²) < 4.78 is 11.8. The molecule has 0 spiro atoms. The van der Waals surface area contributed by atoms with Gasteiger partial charge in [0, 0.05) is 17.5 Å². The smallest absolute Gasteiger partial charge is 0.192 e. The van der Waals surface area contributed by atoms with Gasteiger partial charge in [0.25, 0.3) is 0 Å². The highest BCUT2D eigenvalue weighted by Crippen LogP contribution is 2.46. The third-order valence-corrected chi connectivity index (χ3v) is 11.0. The van der Waals surface area contributed by atoms with Crippen molar-refractivity contribution in [2.75, 3.05) is 7.11 Å². The number of benzene rings is 1. The molecule has 6 heteroatoms. The lowest BCUT2D eigenvalue weighted by molar-refractivity contribution is 0.0535. The van der Waals surface area contributed by atoms with E-state index in [0.717, 1.165) is 5.57 Å². The molecule has 1 N–H and O–H groups in total. The van der Waals surface area contributed by atoms with Crippen molar-refractivity contribution in [3.05, 3.63) is 34.9 Å². The lowest BCUT2D eigenvalue weighted by Crippen LogP contribution is -2.51. The maximum Gasteiger partial charge on any atom is 0.192 e. The second-order valence-electron chi connectivity index (χ2n) is 9.49. The second kappa shape index (κ2) is 6.85. The molecule has 3 atom stereocenters. The average Bonchev–Trinajstić information content (AvgIpc) is 2.57. The number of methoxy groups -OCH3 is 1. The van der Waals surface area contributed by atoms with Crippen LogP contribution in [0, 0.1) is 11.8 Å². The van der Waals surface area contributed by atoms with Gasteiger partial charge >= 0.3 is 0 Å². The number of fused-ring (bicyclic) bond motifs is 2. The maximum absolute atomic E-state index is 13.5. The molecule has 0 fully saturated rings. The quantitative estimate of drug-likeness (QED) is 0.583. The molecule has 2 aliphatic carbocycles. The van der Waals surface area contributed by atoms with Gasteiger partial charge in [0.1, 0.15) is 11.5 Å². The molecule has 0 saturated heterocycles. The Hall–Kier alpha value is -1.92. The number of ketones is 2. The van der Waals surface area contributed by atoms with Gasteiger partial charge in [-0.25, -0.2) is 0 Å².